The number of fused-ring (bicyclic) bond motifs is 1. The molecule has 0 N–H and O–H groups in total. The van der Waals surface area contributed by atoms with Crippen LogP contribution in [0.25, 0.3) is 0 Å². The van der Waals surface area contributed by atoms with E-state index in [2.05, 4.69) is 0 Å². The Morgan fingerprint density at radius 2 is 2.19 bits per heavy atom. The zero-order valence-corrected chi connectivity index (χ0v) is 9.18. The zero-order valence-electron chi connectivity index (χ0n) is 9.18. The van der Waals surface area contributed by atoms with Gasteiger partial charge in [0.15, 0.2) is 11.4 Å². The summed E-state index contributed by atoms with van der Waals surface area (Å²) in [5.41, 5.74) is -1.01. The molecule has 1 saturated carbocycles. The van der Waals surface area contributed by atoms with Gasteiger partial charge in [0.1, 0.15) is 5.78 Å². The van der Waals surface area contributed by atoms with Crippen LogP contribution in [-0.4, -0.2) is 24.3 Å². The second-order valence-corrected chi connectivity index (χ2v) is 4.80. The summed E-state index contributed by atoms with van der Waals surface area (Å²) < 4.78 is 5.43. The average Bonchev–Trinajstić information content (AvgIpc) is 2.56. The minimum Gasteiger partial charge on any atom is -0.365 e. The van der Waals surface area contributed by atoms with Crippen molar-refractivity contribution in [3.05, 3.63) is 24.3 Å². The highest BCUT2D eigenvalue weighted by atomic mass is 16.5. The molecule has 3 nitrogen and oxygen atoms in total. The summed E-state index contributed by atoms with van der Waals surface area (Å²) in [6, 6.07) is 0. The molecule has 0 amide bonds. The second kappa shape index (κ2) is 3.14. The van der Waals surface area contributed by atoms with Crippen molar-refractivity contribution in [3.8, 4) is 0 Å². The van der Waals surface area contributed by atoms with Crippen molar-refractivity contribution < 1.29 is 14.3 Å². The van der Waals surface area contributed by atoms with Crippen LogP contribution in [0.2, 0.25) is 0 Å². The fourth-order valence-corrected chi connectivity index (χ4v) is 3.41. The van der Waals surface area contributed by atoms with E-state index in [0.29, 0.717) is 6.42 Å². The second-order valence-electron chi connectivity index (χ2n) is 4.80. The van der Waals surface area contributed by atoms with Crippen LogP contribution in [0.3, 0.4) is 0 Å². The van der Waals surface area contributed by atoms with Gasteiger partial charge in [-0.2, -0.15) is 0 Å². The molecule has 0 radical (unpaired) electrons. The SMILES string of the molecule is CO[C@]12C=C[C@H](C=CC1=O)[C@H]1CCC(=O)[C@H]12. The molecular weight excluding hydrogens is 204 g/mol. The van der Waals surface area contributed by atoms with E-state index in [-0.39, 0.29) is 29.3 Å². The Kier molecular flexibility index (Phi) is 1.96. The lowest BCUT2D eigenvalue weighted by atomic mass is 9.70. The Morgan fingerprint density at radius 1 is 1.38 bits per heavy atom. The van der Waals surface area contributed by atoms with Gasteiger partial charge in [0.25, 0.3) is 0 Å². The van der Waals surface area contributed by atoms with Gasteiger partial charge in [-0.25, -0.2) is 0 Å². The van der Waals surface area contributed by atoms with Gasteiger partial charge in [-0.05, 0) is 30.4 Å². The summed E-state index contributed by atoms with van der Waals surface area (Å²) in [7, 11) is 1.52. The number of Topliss-reactive ketones (excluding diaryl/α,β-unsaturated/α-hetero) is 1. The molecule has 0 aromatic heterocycles. The van der Waals surface area contributed by atoms with E-state index in [1.165, 1.54) is 7.11 Å². The number of carbonyl (C=O) groups is 2. The number of allylic oxidation sites excluding steroid dienone is 2. The molecule has 1 fully saturated rings. The first-order valence-electron chi connectivity index (χ1n) is 5.69. The maximum atomic E-state index is 12.1. The molecule has 84 valence electrons. The van der Waals surface area contributed by atoms with Crippen LogP contribution < -0.4 is 0 Å². The zero-order chi connectivity index (χ0) is 11.3. The van der Waals surface area contributed by atoms with E-state index in [4.69, 9.17) is 4.74 Å². The number of rotatable bonds is 1. The highest BCUT2D eigenvalue weighted by molar-refractivity contribution is 6.04. The maximum absolute atomic E-state index is 12.1. The Bertz CT molecular complexity index is 421. The van der Waals surface area contributed by atoms with E-state index < -0.39 is 5.60 Å². The molecule has 16 heavy (non-hydrogen) atoms. The van der Waals surface area contributed by atoms with Crippen molar-refractivity contribution in [1.82, 2.24) is 0 Å². The lowest BCUT2D eigenvalue weighted by Crippen LogP contribution is -2.51. The normalized spacial score (nSPS) is 44.9. The van der Waals surface area contributed by atoms with Gasteiger partial charge in [0.05, 0.1) is 5.92 Å². The third-order valence-corrected chi connectivity index (χ3v) is 4.21. The molecule has 2 bridgehead atoms. The van der Waals surface area contributed by atoms with Crippen molar-refractivity contribution in [2.24, 2.45) is 17.8 Å². The third kappa shape index (κ3) is 1.02. The highest BCUT2D eigenvalue weighted by Crippen LogP contribution is 2.49. The summed E-state index contributed by atoms with van der Waals surface area (Å²) in [5, 5.41) is 0. The summed E-state index contributed by atoms with van der Waals surface area (Å²) in [6.45, 7) is 0. The van der Waals surface area contributed by atoms with Gasteiger partial charge >= 0.3 is 0 Å². The minimum atomic E-state index is -1.01. The number of hydrogen-bond donors (Lipinski definition) is 0. The Morgan fingerprint density at radius 3 is 2.94 bits per heavy atom. The van der Waals surface area contributed by atoms with Crippen LogP contribution in [-0.2, 0) is 14.3 Å². The molecule has 0 unspecified atom stereocenters. The molecule has 4 aliphatic carbocycles. The minimum absolute atomic E-state index is 0.0866. The Balaban J connectivity index is 2.19. The van der Waals surface area contributed by atoms with Gasteiger partial charge in [-0.3, -0.25) is 9.59 Å². The van der Waals surface area contributed by atoms with Gasteiger partial charge in [-0.15, -0.1) is 0 Å². The van der Waals surface area contributed by atoms with Crippen molar-refractivity contribution in [1.29, 1.82) is 0 Å². The van der Waals surface area contributed by atoms with E-state index >= 15 is 0 Å². The van der Waals surface area contributed by atoms with Gasteiger partial charge < -0.3 is 4.74 Å². The molecule has 3 heteroatoms. The number of methoxy groups -OCH3 is 1. The van der Waals surface area contributed by atoms with E-state index in [1.807, 2.05) is 12.2 Å². The van der Waals surface area contributed by atoms with Crippen molar-refractivity contribution in [2.45, 2.75) is 18.4 Å². The molecule has 0 saturated heterocycles. The monoisotopic (exact) mass is 218 g/mol. The van der Waals surface area contributed by atoms with Crippen LogP contribution in [0.1, 0.15) is 12.8 Å². The smallest absolute Gasteiger partial charge is 0.191 e. The van der Waals surface area contributed by atoms with Crippen molar-refractivity contribution >= 4 is 11.6 Å². The van der Waals surface area contributed by atoms with E-state index in [9.17, 15) is 9.59 Å². The van der Waals surface area contributed by atoms with Crippen LogP contribution in [0, 0.1) is 17.8 Å². The van der Waals surface area contributed by atoms with Crippen molar-refractivity contribution in [3.63, 3.8) is 0 Å². The fourth-order valence-electron chi connectivity index (χ4n) is 3.41. The van der Waals surface area contributed by atoms with E-state index in [1.54, 1.807) is 12.2 Å². The van der Waals surface area contributed by atoms with Crippen LogP contribution in [0.4, 0.5) is 0 Å². The molecule has 0 heterocycles. The van der Waals surface area contributed by atoms with Crippen LogP contribution >= 0.6 is 0 Å². The van der Waals surface area contributed by atoms with Crippen LogP contribution in [0.15, 0.2) is 24.3 Å². The first kappa shape index (κ1) is 9.97. The maximum Gasteiger partial charge on any atom is 0.191 e. The van der Waals surface area contributed by atoms with Crippen LogP contribution in [0.5, 0.6) is 0 Å². The molecule has 0 spiro atoms. The Hall–Kier alpha value is -1.22. The summed E-state index contributed by atoms with van der Waals surface area (Å²) in [4.78, 5) is 24.1. The molecule has 0 aromatic carbocycles. The first-order valence-corrected chi connectivity index (χ1v) is 5.69. The van der Waals surface area contributed by atoms with Gasteiger partial charge in [-0.1, -0.05) is 12.2 Å². The topological polar surface area (TPSA) is 43.4 Å². The quantitative estimate of drug-likeness (QED) is 0.623. The summed E-state index contributed by atoms with van der Waals surface area (Å²) in [6.07, 6.45) is 8.78. The number of ketones is 2. The summed E-state index contributed by atoms with van der Waals surface area (Å²) in [5.74, 6) is 0.302. The molecule has 0 aromatic rings. The van der Waals surface area contributed by atoms with Gasteiger partial charge in [0, 0.05) is 13.5 Å². The number of carbonyl (C=O) groups excluding carboxylic acids is 2. The largest absolute Gasteiger partial charge is 0.365 e. The lowest BCUT2D eigenvalue weighted by molar-refractivity contribution is -0.146. The Labute approximate surface area is 94.2 Å². The standard InChI is InChI=1S/C13H14O3/c1-16-13-7-6-8(2-5-11(13)15)9-3-4-10(14)12(9)13/h2,5-9,12H,3-4H2,1H3/t8-,9+,12-,13+/m0/s1. The first-order chi connectivity index (χ1) is 7.69. The molecule has 0 aliphatic heterocycles. The fraction of sp³-hybridized carbons (Fsp3) is 0.538. The third-order valence-electron chi connectivity index (χ3n) is 4.21. The molecule has 4 atom stereocenters. The summed E-state index contributed by atoms with van der Waals surface area (Å²) >= 11 is 0. The van der Waals surface area contributed by atoms with E-state index in [0.717, 1.165) is 6.42 Å². The lowest BCUT2D eigenvalue weighted by Gasteiger charge is -2.38. The molecular formula is C13H14O3. The predicted molar refractivity (Wildman–Crippen MR) is 57.7 cm³/mol. The average molecular weight is 218 g/mol. The molecule has 4 aliphatic rings. The molecule has 4 rings (SSSR count). The van der Waals surface area contributed by atoms with Gasteiger partial charge in [0.2, 0.25) is 0 Å². The highest BCUT2D eigenvalue weighted by Gasteiger charge is 2.57. The number of hydrogen-bond acceptors (Lipinski definition) is 3. The predicted octanol–water partition coefficient (Wildman–Crippen LogP) is 1.29. The number of ether oxygens (including phenoxy) is 1. The van der Waals surface area contributed by atoms with Crippen molar-refractivity contribution in [2.75, 3.05) is 7.11 Å².